The monoisotopic (exact) mass is 230 g/mol. The predicted molar refractivity (Wildman–Crippen MR) is 41.5 cm³/mol. The Bertz CT molecular complexity index is 142. The largest absolute Gasteiger partial charge is 1.00 e. The molecule has 0 aliphatic rings. The summed E-state index contributed by atoms with van der Waals surface area (Å²) < 4.78 is 0. The van der Waals surface area contributed by atoms with Gasteiger partial charge >= 0.3 is 41.5 Å². The maximum atomic E-state index is 9.72. The van der Waals surface area contributed by atoms with Crippen LogP contribution >= 0.6 is 0 Å². The van der Waals surface area contributed by atoms with E-state index in [-0.39, 0.29) is 52.9 Å². The van der Waals surface area contributed by atoms with Crippen LogP contribution in [0.15, 0.2) is 0 Å². The molecular formula is C4H15NaO9. The average Bonchev–Trinajstić information content (AvgIpc) is 1.63. The van der Waals surface area contributed by atoms with E-state index in [0.29, 0.717) is 0 Å². The van der Waals surface area contributed by atoms with E-state index >= 15 is 0 Å². The van der Waals surface area contributed by atoms with E-state index in [1.54, 1.807) is 0 Å². The van der Waals surface area contributed by atoms with Crippen LogP contribution in [0.3, 0.4) is 0 Å². The van der Waals surface area contributed by atoms with E-state index in [9.17, 15) is 9.59 Å². The summed E-state index contributed by atoms with van der Waals surface area (Å²) in [6.07, 6.45) is -2.54. The fraction of sp³-hybridized carbons (Fsp3) is 0.500. The Kier molecular flexibility index (Phi) is 49.2. The number of carbonyl (C=O) groups is 2. The normalized spacial score (nSPS) is 8.07. The van der Waals surface area contributed by atoms with Gasteiger partial charge in [0, 0.05) is 0 Å². The van der Waals surface area contributed by atoms with Crippen LogP contribution in [0.5, 0.6) is 0 Å². The van der Waals surface area contributed by atoms with Gasteiger partial charge in [-0.15, -0.1) is 0 Å². The second-order valence-corrected chi connectivity index (χ2v) is 1.45. The molecule has 0 aromatic heterocycles. The summed E-state index contributed by atoms with van der Waals surface area (Å²) >= 11 is 0. The minimum atomic E-state index is -1.79. The van der Waals surface area contributed by atoms with Crippen LogP contribution in [0.4, 0.5) is 0 Å². The van der Waals surface area contributed by atoms with Gasteiger partial charge in [-0.25, -0.2) is 4.79 Å². The van der Waals surface area contributed by atoms with Crippen LogP contribution in [0, 0.1) is 0 Å². The zero-order valence-electron chi connectivity index (χ0n) is 8.44. The number of aliphatic hydroxyl groups excluding tert-OH is 1. The van der Waals surface area contributed by atoms with Crippen molar-refractivity contribution in [3.63, 3.8) is 0 Å². The minimum absolute atomic E-state index is 0. The Balaban J connectivity index is -0.0000000213. The molecule has 0 heterocycles. The first-order chi connectivity index (χ1) is 4.04. The molecule has 14 heavy (non-hydrogen) atoms. The predicted octanol–water partition coefficient (Wildman–Crippen LogP) is -7.28. The Hall–Kier alpha value is -0.260. The smallest absolute Gasteiger partial charge is 1.00 e. The van der Waals surface area contributed by atoms with Gasteiger partial charge in [0.2, 0.25) is 0 Å². The summed E-state index contributed by atoms with van der Waals surface area (Å²) in [5.74, 6) is -2.85. The molecule has 0 aliphatic carbocycles. The third-order valence-electron chi connectivity index (χ3n) is 0.653. The first-order valence-corrected chi connectivity index (χ1v) is 2.16. The SMILES string of the molecule is O.O.O.O.O=C(O)CC(O)C(=O)O.[H-].[Na+]. The Morgan fingerprint density at radius 2 is 1.36 bits per heavy atom. The molecule has 0 bridgehead atoms. The maximum Gasteiger partial charge on any atom is 1.00 e. The van der Waals surface area contributed by atoms with E-state index in [2.05, 4.69) is 0 Å². The Labute approximate surface area is 102 Å². The summed E-state index contributed by atoms with van der Waals surface area (Å²) in [6.45, 7) is 0. The number of aliphatic hydroxyl groups is 1. The molecular weight excluding hydrogens is 215 g/mol. The molecule has 0 amide bonds. The van der Waals surface area contributed by atoms with Crippen LogP contribution in [0.2, 0.25) is 0 Å². The quantitative estimate of drug-likeness (QED) is 0.400. The van der Waals surface area contributed by atoms with Crippen molar-refractivity contribution in [1.82, 2.24) is 0 Å². The molecule has 0 aliphatic heterocycles. The molecule has 11 N–H and O–H groups in total. The zero-order chi connectivity index (χ0) is 7.44. The van der Waals surface area contributed by atoms with Crippen LogP contribution in [-0.4, -0.2) is 55.3 Å². The number of hydrogen-bond acceptors (Lipinski definition) is 3. The van der Waals surface area contributed by atoms with Crippen LogP contribution in [0.1, 0.15) is 7.85 Å². The fourth-order valence-corrected chi connectivity index (χ4v) is 0.253. The van der Waals surface area contributed by atoms with Crippen molar-refractivity contribution >= 4 is 11.9 Å². The zero-order valence-corrected chi connectivity index (χ0v) is 9.44. The second-order valence-electron chi connectivity index (χ2n) is 1.45. The molecule has 0 rings (SSSR count). The Morgan fingerprint density at radius 1 is 1.07 bits per heavy atom. The summed E-state index contributed by atoms with van der Waals surface area (Å²) in [6, 6.07) is 0. The van der Waals surface area contributed by atoms with E-state index in [1.807, 2.05) is 0 Å². The first-order valence-electron chi connectivity index (χ1n) is 2.16. The molecule has 0 saturated heterocycles. The van der Waals surface area contributed by atoms with E-state index in [4.69, 9.17) is 15.3 Å². The van der Waals surface area contributed by atoms with Gasteiger partial charge in [0.05, 0.1) is 6.42 Å². The molecule has 86 valence electrons. The molecule has 1 unspecified atom stereocenters. The van der Waals surface area contributed by atoms with Gasteiger partial charge in [0.1, 0.15) is 0 Å². The van der Waals surface area contributed by atoms with Crippen LogP contribution < -0.4 is 29.6 Å². The molecule has 0 radical (unpaired) electrons. The fourth-order valence-electron chi connectivity index (χ4n) is 0.253. The van der Waals surface area contributed by atoms with Gasteiger partial charge in [0.25, 0.3) is 0 Å². The number of hydrogen-bond donors (Lipinski definition) is 3. The molecule has 9 nitrogen and oxygen atoms in total. The van der Waals surface area contributed by atoms with E-state index in [0.717, 1.165) is 0 Å². The summed E-state index contributed by atoms with van der Waals surface area (Å²) in [7, 11) is 0. The Morgan fingerprint density at radius 3 is 1.43 bits per heavy atom. The van der Waals surface area contributed by atoms with Gasteiger partial charge in [-0.3, -0.25) is 4.79 Å². The molecule has 10 heteroatoms. The van der Waals surface area contributed by atoms with Crippen molar-refractivity contribution < 1.29 is 77.8 Å². The van der Waals surface area contributed by atoms with Crippen molar-refractivity contribution in [2.75, 3.05) is 0 Å². The first kappa shape index (κ1) is 37.2. The number of carboxylic acids is 2. The van der Waals surface area contributed by atoms with Gasteiger partial charge in [-0.2, -0.15) is 0 Å². The molecule has 0 aromatic carbocycles. The van der Waals surface area contributed by atoms with Crippen molar-refractivity contribution in [2.24, 2.45) is 0 Å². The van der Waals surface area contributed by atoms with E-state index in [1.165, 1.54) is 0 Å². The maximum absolute atomic E-state index is 9.72. The third-order valence-corrected chi connectivity index (χ3v) is 0.653. The minimum Gasteiger partial charge on any atom is -1.00 e. The van der Waals surface area contributed by atoms with Gasteiger partial charge in [-0.1, -0.05) is 0 Å². The summed E-state index contributed by atoms with van der Waals surface area (Å²) in [5.41, 5.74) is 0. The van der Waals surface area contributed by atoms with Gasteiger partial charge in [-0.05, 0) is 0 Å². The molecule has 0 saturated carbocycles. The number of rotatable bonds is 3. The summed E-state index contributed by atoms with van der Waals surface area (Å²) in [4.78, 5) is 19.4. The topological polar surface area (TPSA) is 221 Å². The van der Waals surface area contributed by atoms with Crippen molar-refractivity contribution in [3.8, 4) is 0 Å². The average molecular weight is 230 g/mol. The second kappa shape index (κ2) is 18.5. The van der Waals surface area contributed by atoms with Gasteiger partial charge < -0.3 is 38.7 Å². The summed E-state index contributed by atoms with van der Waals surface area (Å²) in [5, 5.41) is 24.1. The van der Waals surface area contributed by atoms with Crippen molar-refractivity contribution in [1.29, 1.82) is 0 Å². The van der Waals surface area contributed by atoms with Crippen LogP contribution in [0.25, 0.3) is 0 Å². The number of aliphatic carboxylic acids is 2. The van der Waals surface area contributed by atoms with Crippen molar-refractivity contribution in [3.05, 3.63) is 0 Å². The number of carboxylic acid groups (broad SMARTS) is 2. The molecule has 0 spiro atoms. The van der Waals surface area contributed by atoms with Crippen molar-refractivity contribution in [2.45, 2.75) is 12.5 Å². The van der Waals surface area contributed by atoms with Crippen LogP contribution in [-0.2, 0) is 9.59 Å². The third kappa shape index (κ3) is 22.6. The standard InChI is InChI=1S/C4H6O5.Na.4H2O.H/c5-2(4(8)9)1-3(6)7;;;;;;/h2,5H,1H2,(H,6,7)(H,8,9);;4*1H2;/q;+1;;;;;-1. The molecule has 0 fully saturated rings. The van der Waals surface area contributed by atoms with E-state index < -0.39 is 24.5 Å². The molecule has 1 atom stereocenters. The molecule has 0 aromatic rings. The van der Waals surface area contributed by atoms with Gasteiger partial charge in [0.15, 0.2) is 6.10 Å².